The molecule has 0 aliphatic rings. The van der Waals surface area contributed by atoms with E-state index < -0.39 is 0 Å². The highest BCUT2D eigenvalue weighted by molar-refractivity contribution is 7.17. The van der Waals surface area contributed by atoms with Crippen LogP contribution in [0.3, 0.4) is 0 Å². The standard InChI is InChI=1S/C12H14OS/c1-3-9-5-4-6-11-10(7-13-2)8-14-12(9)11/h4-6,8H,3,7H2,1-2H3. The van der Waals surface area contributed by atoms with Gasteiger partial charge in [-0.25, -0.2) is 0 Å². The molecule has 0 atom stereocenters. The Morgan fingerprint density at radius 1 is 1.29 bits per heavy atom. The molecule has 0 amide bonds. The third kappa shape index (κ3) is 1.56. The van der Waals surface area contributed by atoms with Gasteiger partial charge in [0, 0.05) is 11.8 Å². The van der Waals surface area contributed by atoms with Gasteiger partial charge in [-0.1, -0.05) is 25.1 Å². The maximum Gasteiger partial charge on any atom is 0.0727 e. The molecule has 0 bridgehead atoms. The topological polar surface area (TPSA) is 9.23 Å². The van der Waals surface area contributed by atoms with Crippen molar-refractivity contribution in [1.82, 2.24) is 0 Å². The second kappa shape index (κ2) is 4.11. The van der Waals surface area contributed by atoms with E-state index in [0.717, 1.165) is 6.42 Å². The molecule has 2 heteroatoms. The third-order valence-electron chi connectivity index (χ3n) is 2.44. The average Bonchev–Trinajstić information content (AvgIpc) is 2.62. The predicted molar refractivity (Wildman–Crippen MR) is 61.9 cm³/mol. The van der Waals surface area contributed by atoms with Crippen molar-refractivity contribution in [3.8, 4) is 0 Å². The van der Waals surface area contributed by atoms with Crippen LogP contribution in [0.2, 0.25) is 0 Å². The van der Waals surface area contributed by atoms with Crippen LogP contribution in [0.1, 0.15) is 18.1 Å². The number of fused-ring (bicyclic) bond motifs is 1. The van der Waals surface area contributed by atoms with Crippen LogP contribution in [0.25, 0.3) is 10.1 Å². The maximum atomic E-state index is 5.17. The zero-order valence-corrected chi connectivity index (χ0v) is 9.36. The number of ether oxygens (including phenoxy) is 1. The lowest BCUT2D eigenvalue weighted by atomic mass is 10.1. The lowest BCUT2D eigenvalue weighted by molar-refractivity contribution is 0.186. The van der Waals surface area contributed by atoms with Crippen molar-refractivity contribution in [2.45, 2.75) is 20.0 Å². The van der Waals surface area contributed by atoms with Crippen molar-refractivity contribution in [1.29, 1.82) is 0 Å². The van der Waals surface area contributed by atoms with Crippen molar-refractivity contribution in [3.05, 3.63) is 34.7 Å². The molecule has 2 aromatic rings. The Morgan fingerprint density at radius 2 is 2.14 bits per heavy atom. The van der Waals surface area contributed by atoms with Gasteiger partial charge in [0.2, 0.25) is 0 Å². The molecule has 2 rings (SSSR count). The highest BCUT2D eigenvalue weighted by atomic mass is 32.1. The van der Waals surface area contributed by atoms with Gasteiger partial charge in [-0.2, -0.15) is 0 Å². The summed E-state index contributed by atoms with van der Waals surface area (Å²) in [6.45, 7) is 2.91. The SMILES string of the molecule is CCc1cccc2c(COC)csc12. The highest BCUT2D eigenvalue weighted by Gasteiger charge is 2.05. The molecule has 0 aliphatic carbocycles. The van der Waals surface area contributed by atoms with E-state index in [9.17, 15) is 0 Å². The van der Waals surface area contributed by atoms with Crippen molar-refractivity contribution in [2.24, 2.45) is 0 Å². The minimum atomic E-state index is 0.715. The zero-order valence-electron chi connectivity index (χ0n) is 8.54. The van der Waals surface area contributed by atoms with Gasteiger partial charge in [0.1, 0.15) is 0 Å². The predicted octanol–water partition coefficient (Wildman–Crippen LogP) is 3.61. The van der Waals surface area contributed by atoms with E-state index in [0.29, 0.717) is 6.61 Å². The van der Waals surface area contributed by atoms with E-state index >= 15 is 0 Å². The fraction of sp³-hybridized carbons (Fsp3) is 0.333. The molecule has 0 fully saturated rings. The number of benzene rings is 1. The van der Waals surface area contributed by atoms with Gasteiger partial charge in [0.05, 0.1) is 6.61 Å². The summed E-state index contributed by atoms with van der Waals surface area (Å²) in [4.78, 5) is 0. The molecule has 0 radical (unpaired) electrons. The van der Waals surface area contributed by atoms with Crippen molar-refractivity contribution in [2.75, 3.05) is 7.11 Å². The van der Waals surface area contributed by atoms with Gasteiger partial charge in [-0.15, -0.1) is 11.3 Å². The Balaban J connectivity index is 2.57. The molecule has 0 N–H and O–H groups in total. The molecule has 0 unspecified atom stereocenters. The summed E-state index contributed by atoms with van der Waals surface area (Å²) in [5, 5.41) is 3.56. The summed E-state index contributed by atoms with van der Waals surface area (Å²) in [5.41, 5.74) is 2.75. The minimum Gasteiger partial charge on any atom is -0.380 e. The lowest BCUT2D eigenvalue weighted by Gasteiger charge is -2.00. The molecule has 1 aromatic carbocycles. The van der Waals surface area contributed by atoms with Gasteiger partial charge in [0.15, 0.2) is 0 Å². The number of hydrogen-bond acceptors (Lipinski definition) is 2. The van der Waals surface area contributed by atoms with Crippen molar-refractivity contribution < 1.29 is 4.74 Å². The van der Waals surface area contributed by atoms with Crippen molar-refractivity contribution in [3.63, 3.8) is 0 Å². The number of methoxy groups -OCH3 is 1. The van der Waals surface area contributed by atoms with E-state index in [1.165, 1.54) is 21.2 Å². The van der Waals surface area contributed by atoms with Crippen LogP contribution in [0.4, 0.5) is 0 Å². The van der Waals surface area contributed by atoms with Crippen LogP contribution in [-0.2, 0) is 17.8 Å². The van der Waals surface area contributed by atoms with E-state index in [-0.39, 0.29) is 0 Å². The molecular formula is C12H14OS. The van der Waals surface area contributed by atoms with E-state index in [1.54, 1.807) is 7.11 Å². The first-order valence-corrected chi connectivity index (χ1v) is 5.71. The third-order valence-corrected chi connectivity index (χ3v) is 3.56. The summed E-state index contributed by atoms with van der Waals surface area (Å²) in [7, 11) is 1.74. The molecule has 0 saturated heterocycles. The van der Waals surface area contributed by atoms with E-state index in [2.05, 4.69) is 30.5 Å². The van der Waals surface area contributed by atoms with E-state index in [4.69, 9.17) is 4.74 Å². The minimum absolute atomic E-state index is 0.715. The first-order valence-electron chi connectivity index (χ1n) is 4.83. The molecule has 0 spiro atoms. The molecule has 74 valence electrons. The first-order chi connectivity index (χ1) is 6.86. The van der Waals surface area contributed by atoms with Crippen molar-refractivity contribution >= 4 is 21.4 Å². The molecule has 0 saturated carbocycles. The Kier molecular flexibility index (Phi) is 2.85. The summed E-state index contributed by atoms with van der Waals surface area (Å²) >= 11 is 1.83. The Labute approximate surface area is 88.3 Å². The highest BCUT2D eigenvalue weighted by Crippen LogP contribution is 2.29. The molecule has 1 heterocycles. The second-order valence-corrected chi connectivity index (χ2v) is 4.22. The monoisotopic (exact) mass is 206 g/mol. The summed E-state index contributed by atoms with van der Waals surface area (Å²) < 4.78 is 6.59. The van der Waals surface area contributed by atoms with Gasteiger partial charge in [-0.3, -0.25) is 0 Å². The van der Waals surface area contributed by atoms with Crippen LogP contribution in [0, 0.1) is 0 Å². The molecule has 1 nitrogen and oxygen atoms in total. The lowest BCUT2D eigenvalue weighted by Crippen LogP contribution is -1.85. The summed E-state index contributed by atoms with van der Waals surface area (Å²) in [6, 6.07) is 6.52. The fourth-order valence-electron chi connectivity index (χ4n) is 1.72. The number of thiophene rings is 1. The van der Waals surface area contributed by atoms with Crippen LogP contribution >= 0.6 is 11.3 Å². The largest absolute Gasteiger partial charge is 0.380 e. The van der Waals surface area contributed by atoms with Gasteiger partial charge < -0.3 is 4.74 Å². The second-order valence-electron chi connectivity index (χ2n) is 3.34. The summed E-state index contributed by atoms with van der Waals surface area (Å²) in [5.74, 6) is 0. The van der Waals surface area contributed by atoms with Gasteiger partial charge in [-0.05, 0) is 28.3 Å². The number of aryl methyl sites for hydroxylation is 1. The Morgan fingerprint density at radius 3 is 2.86 bits per heavy atom. The molecule has 14 heavy (non-hydrogen) atoms. The molecule has 1 aromatic heterocycles. The molecule has 0 aliphatic heterocycles. The van der Waals surface area contributed by atoms with Gasteiger partial charge >= 0.3 is 0 Å². The summed E-state index contributed by atoms with van der Waals surface area (Å²) in [6.07, 6.45) is 1.10. The zero-order chi connectivity index (χ0) is 9.97. The Hall–Kier alpha value is -0.860. The number of hydrogen-bond donors (Lipinski definition) is 0. The first kappa shape index (κ1) is 9.69. The van der Waals surface area contributed by atoms with E-state index in [1.807, 2.05) is 11.3 Å². The quantitative estimate of drug-likeness (QED) is 0.745. The van der Waals surface area contributed by atoms with Gasteiger partial charge in [0.25, 0.3) is 0 Å². The maximum absolute atomic E-state index is 5.17. The smallest absolute Gasteiger partial charge is 0.0727 e. The average molecular weight is 206 g/mol. The molecular weight excluding hydrogens is 192 g/mol. The van der Waals surface area contributed by atoms with Crippen LogP contribution < -0.4 is 0 Å². The fourth-order valence-corrected chi connectivity index (χ4v) is 2.86. The normalized spacial score (nSPS) is 11.0. The van der Waals surface area contributed by atoms with Crippen LogP contribution in [0.5, 0.6) is 0 Å². The van der Waals surface area contributed by atoms with Crippen LogP contribution in [0.15, 0.2) is 23.6 Å². The number of rotatable bonds is 3. The Bertz CT molecular complexity index is 431. The van der Waals surface area contributed by atoms with Crippen LogP contribution in [-0.4, -0.2) is 7.11 Å².